The number of carbonyl (C=O) groups excluding carboxylic acids is 1. The fraction of sp³-hybridized carbons (Fsp3) is 0.300. The molecule has 0 amide bonds. The van der Waals surface area contributed by atoms with Crippen LogP contribution in [0.3, 0.4) is 0 Å². The predicted octanol–water partition coefficient (Wildman–Crippen LogP) is 1.76. The van der Waals surface area contributed by atoms with E-state index in [0.717, 1.165) is 18.2 Å². The average Bonchev–Trinajstić information content (AvgIpc) is 2.12. The fourth-order valence-electron chi connectivity index (χ4n) is 1.10. The Morgan fingerprint density at radius 2 is 1.86 bits per heavy atom. The van der Waals surface area contributed by atoms with E-state index >= 15 is 0 Å². The number of carbonyl (C=O) groups is 1. The maximum atomic E-state index is 12.7. The van der Waals surface area contributed by atoms with Crippen molar-refractivity contribution in [2.45, 2.75) is 6.42 Å². The van der Waals surface area contributed by atoms with Gasteiger partial charge in [-0.3, -0.25) is 4.79 Å². The topological polar surface area (TPSA) is 29.1 Å². The zero-order valence-electron chi connectivity index (χ0n) is 7.81. The molecular formula is C10H11F2NO. The van der Waals surface area contributed by atoms with E-state index in [1.807, 2.05) is 0 Å². The first-order chi connectivity index (χ1) is 6.63. The van der Waals surface area contributed by atoms with Crippen LogP contribution in [0.25, 0.3) is 0 Å². The maximum Gasteiger partial charge on any atom is 0.164 e. The summed E-state index contributed by atoms with van der Waals surface area (Å²) < 4.78 is 25.4. The number of nitrogens with one attached hydrogen (secondary N) is 1. The van der Waals surface area contributed by atoms with E-state index in [9.17, 15) is 13.6 Å². The Morgan fingerprint density at radius 1 is 1.29 bits per heavy atom. The number of hydrogen-bond donors (Lipinski definition) is 1. The molecule has 76 valence electrons. The third-order valence-electron chi connectivity index (χ3n) is 1.79. The second kappa shape index (κ2) is 4.81. The molecule has 0 bridgehead atoms. The van der Waals surface area contributed by atoms with E-state index in [0.29, 0.717) is 6.54 Å². The van der Waals surface area contributed by atoms with Crippen LogP contribution in [-0.2, 0) is 0 Å². The number of benzene rings is 1. The van der Waals surface area contributed by atoms with Gasteiger partial charge in [0, 0.05) is 24.6 Å². The van der Waals surface area contributed by atoms with Gasteiger partial charge in [0.15, 0.2) is 5.78 Å². The summed E-state index contributed by atoms with van der Waals surface area (Å²) in [6, 6.07) is 2.83. The van der Waals surface area contributed by atoms with Crippen LogP contribution in [0.2, 0.25) is 0 Å². The number of ketones is 1. The van der Waals surface area contributed by atoms with Gasteiger partial charge < -0.3 is 5.32 Å². The minimum atomic E-state index is -0.724. The predicted molar refractivity (Wildman–Crippen MR) is 49.2 cm³/mol. The fourth-order valence-corrected chi connectivity index (χ4v) is 1.10. The molecule has 0 radical (unpaired) electrons. The van der Waals surface area contributed by atoms with E-state index in [-0.39, 0.29) is 17.8 Å². The second-order valence-corrected chi connectivity index (χ2v) is 2.93. The molecule has 0 aliphatic heterocycles. The van der Waals surface area contributed by atoms with Crippen LogP contribution in [-0.4, -0.2) is 19.4 Å². The Morgan fingerprint density at radius 3 is 2.36 bits per heavy atom. The van der Waals surface area contributed by atoms with Gasteiger partial charge >= 0.3 is 0 Å². The molecule has 1 aromatic carbocycles. The summed E-state index contributed by atoms with van der Waals surface area (Å²) in [5.74, 6) is -1.71. The van der Waals surface area contributed by atoms with Gasteiger partial charge in [-0.05, 0) is 19.2 Å². The van der Waals surface area contributed by atoms with Crippen molar-refractivity contribution < 1.29 is 13.6 Å². The van der Waals surface area contributed by atoms with E-state index < -0.39 is 11.6 Å². The first kappa shape index (κ1) is 10.8. The number of hydrogen-bond acceptors (Lipinski definition) is 2. The molecule has 0 saturated heterocycles. The van der Waals surface area contributed by atoms with Gasteiger partial charge in [-0.15, -0.1) is 0 Å². The third-order valence-corrected chi connectivity index (χ3v) is 1.79. The van der Waals surface area contributed by atoms with Crippen LogP contribution in [0.4, 0.5) is 8.78 Å². The smallest absolute Gasteiger partial charge is 0.164 e. The van der Waals surface area contributed by atoms with Crippen LogP contribution in [0, 0.1) is 11.6 Å². The molecule has 1 N–H and O–H groups in total. The lowest BCUT2D eigenvalue weighted by Crippen LogP contribution is -2.13. The molecule has 14 heavy (non-hydrogen) atoms. The molecule has 0 atom stereocenters. The molecular weight excluding hydrogens is 188 g/mol. The first-order valence-corrected chi connectivity index (χ1v) is 4.27. The average molecular weight is 199 g/mol. The normalized spacial score (nSPS) is 10.2. The van der Waals surface area contributed by atoms with Crippen molar-refractivity contribution in [2.75, 3.05) is 13.6 Å². The van der Waals surface area contributed by atoms with Crippen LogP contribution in [0.1, 0.15) is 16.8 Å². The van der Waals surface area contributed by atoms with Gasteiger partial charge in [0.25, 0.3) is 0 Å². The van der Waals surface area contributed by atoms with Gasteiger partial charge in [-0.2, -0.15) is 0 Å². The summed E-state index contributed by atoms with van der Waals surface area (Å²) in [6.45, 7) is 0.497. The summed E-state index contributed by atoms with van der Waals surface area (Å²) in [5, 5.41) is 2.79. The largest absolute Gasteiger partial charge is 0.319 e. The quantitative estimate of drug-likeness (QED) is 0.748. The van der Waals surface area contributed by atoms with Crippen molar-refractivity contribution in [1.29, 1.82) is 0 Å². The van der Waals surface area contributed by atoms with Gasteiger partial charge in [0.2, 0.25) is 0 Å². The highest BCUT2D eigenvalue weighted by atomic mass is 19.1. The molecule has 1 rings (SSSR count). The van der Waals surface area contributed by atoms with Gasteiger partial charge in [-0.1, -0.05) is 0 Å². The van der Waals surface area contributed by atoms with Crippen LogP contribution < -0.4 is 5.32 Å². The van der Waals surface area contributed by atoms with Crippen LogP contribution in [0.5, 0.6) is 0 Å². The molecule has 2 nitrogen and oxygen atoms in total. The number of Topliss-reactive ketones (excluding diaryl/α,β-unsaturated/α-hetero) is 1. The summed E-state index contributed by atoms with van der Waals surface area (Å²) in [7, 11) is 1.71. The summed E-state index contributed by atoms with van der Waals surface area (Å²) in [6.07, 6.45) is 0.236. The van der Waals surface area contributed by atoms with Gasteiger partial charge in [0.1, 0.15) is 11.6 Å². The standard InChI is InChI=1S/C10H11F2NO/c1-13-3-2-10(14)7-4-8(11)6-9(12)5-7/h4-6,13H,2-3H2,1H3. The Hall–Kier alpha value is -1.29. The highest BCUT2D eigenvalue weighted by molar-refractivity contribution is 5.96. The van der Waals surface area contributed by atoms with Crippen molar-refractivity contribution >= 4 is 5.78 Å². The number of halogens is 2. The molecule has 0 aliphatic carbocycles. The molecule has 0 fully saturated rings. The van der Waals surface area contributed by atoms with Crippen LogP contribution in [0.15, 0.2) is 18.2 Å². The van der Waals surface area contributed by atoms with Crippen molar-refractivity contribution in [3.05, 3.63) is 35.4 Å². The van der Waals surface area contributed by atoms with Crippen molar-refractivity contribution in [3.8, 4) is 0 Å². The van der Waals surface area contributed by atoms with E-state index in [1.165, 1.54) is 0 Å². The third kappa shape index (κ3) is 2.88. The molecule has 0 unspecified atom stereocenters. The molecule has 4 heteroatoms. The lowest BCUT2D eigenvalue weighted by molar-refractivity contribution is 0.0982. The number of rotatable bonds is 4. The van der Waals surface area contributed by atoms with E-state index in [4.69, 9.17) is 0 Å². The highest BCUT2D eigenvalue weighted by Gasteiger charge is 2.08. The lowest BCUT2D eigenvalue weighted by Gasteiger charge is -2.01. The van der Waals surface area contributed by atoms with E-state index in [2.05, 4.69) is 5.32 Å². The first-order valence-electron chi connectivity index (χ1n) is 4.27. The maximum absolute atomic E-state index is 12.7. The molecule has 0 heterocycles. The Kier molecular flexibility index (Phi) is 3.71. The van der Waals surface area contributed by atoms with Crippen molar-refractivity contribution in [1.82, 2.24) is 5.32 Å². The van der Waals surface area contributed by atoms with E-state index in [1.54, 1.807) is 7.05 Å². The van der Waals surface area contributed by atoms with Gasteiger partial charge in [0.05, 0.1) is 0 Å². The Labute approximate surface area is 80.9 Å². The highest BCUT2D eigenvalue weighted by Crippen LogP contribution is 2.09. The monoisotopic (exact) mass is 199 g/mol. The molecule has 0 spiro atoms. The minimum absolute atomic E-state index is 0.0813. The van der Waals surface area contributed by atoms with Crippen LogP contribution >= 0.6 is 0 Å². The molecule has 1 aromatic rings. The SMILES string of the molecule is CNCCC(=O)c1cc(F)cc(F)c1. The molecule has 0 aliphatic rings. The van der Waals surface area contributed by atoms with Crippen molar-refractivity contribution in [3.63, 3.8) is 0 Å². The summed E-state index contributed by atoms with van der Waals surface area (Å²) in [4.78, 5) is 11.3. The minimum Gasteiger partial charge on any atom is -0.319 e. The lowest BCUT2D eigenvalue weighted by atomic mass is 10.1. The van der Waals surface area contributed by atoms with Crippen molar-refractivity contribution in [2.24, 2.45) is 0 Å². The Bertz CT molecular complexity index is 319. The second-order valence-electron chi connectivity index (χ2n) is 2.93. The summed E-state index contributed by atoms with van der Waals surface area (Å²) >= 11 is 0. The Balaban J connectivity index is 2.79. The summed E-state index contributed by atoms with van der Waals surface area (Å²) in [5.41, 5.74) is 0.0813. The zero-order valence-corrected chi connectivity index (χ0v) is 7.81. The zero-order chi connectivity index (χ0) is 10.6. The molecule has 0 saturated carbocycles. The van der Waals surface area contributed by atoms with Gasteiger partial charge in [-0.25, -0.2) is 8.78 Å². The molecule has 0 aromatic heterocycles.